The second-order valence-electron chi connectivity index (χ2n) is 5.46. The predicted molar refractivity (Wildman–Crippen MR) is 71.8 cm³/mol. The van der Waals surface area contributed by atoms with E-state index in [1.54, 1.807) is 0 Å². The molecule has 0 aliphatic carbocycles. The summed E-state index contributed by atoms with van der Waals surface area (Å²) in [5.74, 6) is -2.00. The maximum atomic E-state index is 13.6. The number of hydrogen-bond donors (Lipinski definition) is 3. The van der Waals surface area contributed by atoms with Crippen LogP contribution in [0.1, 0.15) is 27.7 Å². The molecule has 4 nitrogen and oxygen atoms in total. The number of carbonyl (C=O) groups is 1. The third-order valence-electron chi connectivity index (χ3n) is 2.32. The van der Waals surface area contributed by atoms with E-state index < -0.39 is 23.2 Å². The normalized spacial score (nSPS) is 12.9. The Bertz CT molecular complexity index is 460. The molecule has 0 aromatic heterocycles. The number of hydrogen-bond acceptors (Lipinski definition) is 3. The standard InChI is InChI=1S/C13H19F2N3O/c1-7(12(19)18-13(2,3)4)17-11-9(14)5-8(16)6-10(11)15/h5-7,17H,16H2,1-4H3,(H,18,19). The van der Waals surface area contributed by atoms with Gasteiger partial charge in [0, 0.05) is 11.2 Å². The molecule has 19 heavy (non-hydrogen) atoms. The van der Waals surface area contributed by atoms with Gasteiger partial charge in [-0.25, -0.2) is 8.78 Å². The van der Waals surface area contributed by atoms with E-state index in [-0.39, 0.29) is 17.3 Å². The van der Waals surface area contributed by atoms with Crippen molar-refractivity contribution in [3.8, 4) is 0 Å². The van der Waals surface area contributed by atoms with Gasteiger partial charge in [0.2, 0.25) is 5.91 Å². The summed E-state index contributed by atoms with van der Waals surface area (Å²) in [6.45, 7) is 6.99. The summed E-state index contributed by atoms with van der Waals surface area (Å²) in [5, 5.41) is 5.23. The van der Waals surface area contributed by atoms with Crippen LogP contribution in [0.25, 0.3) is 0 Å². The molecule has 0 heterocycles. The van der Waals surface area contributed by atoms with Crippen molar-refractivity contribution in [2.75, 3.05) is 11.1 Å². The lowest BCUT2D eigenvalue weighted by Gasteiger charge is -2.24. The first-order chi connectivity index (χ1) is 8.60. The molecule has 0 bridgehead atoms. The molecule has 0 saturated carbocycles. The van der Waals surface area contributed by atoms with Gasteiger partial charge in [-0.1, -0.05) is 0 Å². The van der Waals surface area contributed by atoms with Crippen molar-refractivity contribution in [2.24, 2.45) is 0 Å². The minimum Gasteiger partial charge on any atom is -0.399 e. The fourth-order valence-corrected chi connectivity index (χ4v) is 1.49. The largest absolute Gasteiger partial charge is 0.399 e. The monoisotopic (exact) mass is 271 g/mol. The molecule has 106 valence electrons. The molecule has 6 heteroatoms. The first-order valence-electron chi connectivity index (χ1n) is 5.93. The lowest BCUT2D eigenvalue weighted by molar-refractivity contribution is -0.122. The van der Waals surface area contributed by atoms with Crippen molar-refractivity contribution in [3.63, 3.8) is 0 Å². The van der Waals surface area contributed by atoms with E-state index >= 15 is 0 Å². The van der Waals surface area contributed by atoms with Gasteiger partial charge in [0.05, 0.1) is 0 Å². The highest BCUT2D eigenvalue weighted by molar-refractivity contribution is 5.84. The van der Waals surface area contributed by atoms with Gasteiger partial charge in [-0.15, -0.1) is 0 Å². The molecular weight excluding hydrogens is 252 g/mol. The lowest BCUT2D eigenvalue weighted by atomic mass is 10.1. The molecule has 0 spiro atoms. The number of nitrogen functional groups attached to an aromatic ring is 1. The van der Waals surface area contributed by atoms with E-state index in [2.05, 4.69) is 10.6 Å². The van der Waals surface area contributed by atoms with Crippen LogP contribution in [0.15, 0.2) is 12.1 Å². The number of benzene rings is 1. The lowest BCUT2D eigenvalue weighted by Crippen LogP contribution is -2.47. The second-order valence-corrected chi connectivity index (χ2v) is 5.46. The van der Waals surface area contributed by atoms with Crippen molar-refractivity contribution in [2.45, 2.75) is 39.3 Å². The van der Waals surface area contributed by atoms with E-state index in [1.807, 2.05) is 20.8 Å². The minimum atomic E-state index is -0.826. The van der Waals surface area contributed by atoms with Gasteiger partial charge in [-0.3, -0.25) is 4.79 Å². The Morgan fingerprint density at radius 2 is 1.74 bits per heavy atom. The van der Waals surface area contributed by atoms with Gasteiger partial charge >= 0.3 is 0 Å². The Kier molecular flexibility index (Phi) is 4.34. The van der Waals surface area contributed by atoms with E-state index in [9.17, 15) is 13.6 Å². The zero-order valence-corrected chi connectivity index (χ0v) is 11.5. The summed E-state index contributed by atoms with van der Waals surface area (Å²) >= 11 is 0. The second kappa shape index (κ2) is 5.42. The number of nitrogens with one attached hydrogen (secondary N) is 2. The van der Waals surface area contributed by atoms with Crippen molar-refractivity contribution in [1.82, 2.24) is 5.32 Å². The van der Waals surface area contributed by atoms with Gasteiger partial charge < -0.3 is 16.4 Å². The van der Waals surface area contributed by atoms with Crippen molar-refractivity contribution in [1.29, 1.82) is 0 Å². The average molecular weight is 271 g/mol. The van der Waals surface area contributed by atoms with Crippen LogP contribution < -0.4 is 16.4 Å². The zero-order valence-electron chi connectivity index (χ0n) is 11.5. The third kappa shape index (κ3) is 4.39. The van der Waals surface area contributed by atoms with Crippen LogP contribution in [0.2, 0.25) is 0 Å². The summed E-state index contributed by atoms with van der Waals surface area (Å²) < 4.78 is 27.1. The molecule has 1 aromatic carbocycles. The number of nitrogens with two attached hydrogens (primary N) is 1. The Labute approximate surface area is 111 Å². The number of carbonyl (C=O) groups excluding carboxylic acids is 1. The van der Waals surface area contributed by atoms with Gasteiger partial charge in [0.1, 0.15) is 11.7 Å². The van der Waals surface area contributed by atoms with E-state index in [0.29, 0.717) is 0 Å². The number of halogens is 2. The summed E-state index contributed by atoms with van der Waals surface area (Å²) in [5.41, 5.74) is 4.54. The highest BCUT2D eigenvalue weighted by Gasteiger charge is 2.21. The quantitative estimate of drug-likeness (QED) is 0.739. The zero-order chi connectivity index (χ0) is 14.8. The Hall–Kier alpha value is -1.85. The average Bonchev–Trinajstić information content (AvgIpc) is 2.20. The molecule has 1 amide bonds. The van der Waals surface area contributed by atoms with Crippen molar-refractivity contribution in [3.05, 3.63) is 23.8 Å². The smallest absolute Gasteiger partial charge is 0.242 e. The molecule has 0 radical (unpaired) electrons. The van der Waals surface area contributed by atoms with Gasteiger partial charge in [0.15, 0.2) is 11.6 Å². The topological polar surface area (TPSA) is 67.1 Å². The molecule has 1 unspecified atom stereocenters. The Morgan fingerprint density at radius 3 is 2.16 bits per heavy atom. The van der Waals surface area contributed by atoms with E-state index in [1.165, 1.54) is 6.92 Å². The van der Waals surface area contributed by atoms with Crippen LogP contribution in [0, 0.1) is 11.6 Å². The van der Waals surface area contributed by atoms with Crippen LogP contribution in [-0.4, -0.2) is 17.5 Å². The van der Waals surface area contributed by atoms with Crippen molar-refractivity contribution < 1.29 is 13.6 Å². The molecule has 1 aromatic rings. The summed E-state index contributed by atoms with van der Waals surface area (Å²) in [6.07, 6.45) is 0. The Balaban J connectivity index is 2.83. The molecule has 0 aliphatic rings. The Morgan fingerprint density at radius 1 is 1.26 bits per heavy atom. The van der Waals surface area contributed by atoms with E-state index in [0.717, 1.165) is 12.1 Å². The van der Waals surface area contributed by atoms with Crippen LogP contribution in [0.3, 0.4) is 0 Å². The molecule has 1 atom stereocenters. The van der Waals surface area contributed by atoms with Gasteiger partial charge in [0.25, 0.3) is 0 Å². The maximum absolute atomic E-state index is 13.6. The number of anilines is 2. The summed E-state index contributed by atoms with van der Waals surface area (Å²) in [4.78, 5) is 11.8. The van der Waals surface area contributed by atoms with Gasteiger partial charge in [-0.2, -0.15) is 0 Å². The molecule has 4 N–H and O–H groups in total. The first-order valence-corrected chi connectivity index (χ1v) is 5.93. The third-order valence-corrected chi connectivity index (χ3v) is 2.32. The summed E-state index contributed by atoms with van der Waals surface area (Å²) in [7, 11) is 0. The molecular formula is C13H19F2N3O. The van der Waals surface area contributed by atoms with Crippen LogP contribution >= 0.6 is 0 Å². The SMILES string of the molecule is CC(Nc1c(F)cc(N)cc1F)C(=O)NC(C)(C)C. The predicted octanol–water partition coefficient (Wildman–Crippen LogP) is 2.26. The highest BCUT2D eigenvalue weighted by atomic mass is 19.1. The fraction of sp³-hybridized carbons (Fsp3) is 0.462. The number of rotatable bonds is 3. The van der Waals surface area contributed by atoms with Crippen LogP contribution in [-0.2, 0) is 4.79 Å². The molecule has 0 aliphatic heterocycles. The van der Waals surface area contributed by atoms with Gasteiger partial charge in [-0.05, 0) is 39.8 Å². The molecule has 0 saturated heterocycles. The first kappa shape index (κ1) is 15.2. The highest BCUT2D eigenvalue weighted by Crippen LogP contribution is 2.22. The number of amides is 1. The van der Waals surface area contributed by atoms with E-state index in [4.69, 9.17) is 5.73 Å². The molecule has 0 fully saturated rings. The molecule has 1 rings (SSSR count). The van der Waals surface area contributed by atoms with Crippen LogP contribution in [0.4, 0.5) is 20.2 Å². The fourth-order valence-electron chi connectivity index (χ4n) is 1.49. The maximum Gasteiger partial charge on any atom is 0.242 e. The van der Waals surface area contributed by atoms with Crippen molar-refractivity contribution >= 4 is 17.3 Å². The summed E-state index contributed by atoms with van der Waals surface area (Å²) in [6, 6.07) is 1.23. The van der Waals surface area contributed by atoms with Crippen LogP contribution in [0.5, 0.6) is 0 Å². The minimum absolute atomic E-state index is 0.00709.